The van der Waals surface area contributed by atoms with Gasteiger partial charge in [0.2, 0.25) is 5.88 Å². The molecule has 6 nitrogen and oxygen atoms in total. The first-order valence-corrected chi connectivity index (χ1v) is 8.39. The highest BCUT2D eigenvalue weighted by Gasteiger charge is 2.32. The van der Waals surface area contributed by atoms with Crippen LogP contribution in [-0.2, 0) is 0 Å². The molecule has 2 heterocycles. The van der Waals surface area contributed by atoms with E-state index in [1.54, 1.807) is 30.3 Å². The predicted molar refractivity (Wildman–Crippen MR) is 100 cm³/mol. The molecule has 0 fully saturated rings. The molecule has 146 valence electrons. The molecular formula is C20H13F3N4O2. The second-order valence-electron chi connectivity index (χ2n) is 5.95. The summed E-state index contributed by atoms with van der Waals surface area (Å²) in [6, 6.07) is 15.9. The molecule has 0 atom stereocenters. The first-order chi connectivity index (χ1) is 13.9. The molecule has 2 aromatic carbocycles. The van der Waals surface area contributed by atoms with E-state index in [0.717, 1.165) is 5.39 Å². The van der Waals surface area contributed by atoms with Gasteiger partial charge in [0.15, 0.2) is 5.75 Å². The number of nitrogen functional groups attached to an aromatic ring is 1. The van der Waals surface area contributed by atoms with Gasteiger partial charge in [-0.2, -0.15) is 0 Å². The van der Waals surface area contributed by atoms with Gasteiger partial charge in [0.05, 0.1) is 5.69 Å². The molecule has 2 N–H and O–H groups in total. The molecule has 0 saturated heterocycles. The van der Waals surface area contributed by atoms with Gasteiger partial charge in [-0.3, -0.25) is 0 Å². The van der Waals surface area contributed by atoms with Crippen LogP contribution in [-0.4, -0.2) is 21.3 Å². The molecule has 0 aliphatic heterocycles. The maximum absolute atomic E-state index is 12.7. The molecule has 0 spiro atoms. The van der Waals surface area contributed by atoms with E-state index < -0.39 is 6.36 Å². The van der Waals surface area contributed by atoms with Crippen LogP contribution in [0.2, 0.25) is 0 Å². The molecule has 0 unspecified atom stereocenters. The minimum absolute atomic E-state index is 0.133. The summed E-state index contributed by atoms with van der Waals surface area (Å²) < 4.78 is 48.0. The lowest BCUT2D eigenvalue weighted by Crippen LogP contribution is -2.17. The summed E-state index contributed by atoms with van der Waals surface area (Å²) in [7, 11) is 0. The van der Waals surface area contributed by atoms with Crippen molar-refractivity contribution in [3.05, 3.63) is 67.0 Å². The number of para-hydroxylation sites is 2. The first kappa shape index (κ1) is 18.5. The number of fused-ring (bicyclic) bond motifs is 1. The van der Waals surface area contributed by atoms with E-state index in [4.69, 9.17) is 10.5 Å². The first-order valence-electron chi connectivity index (χ1n) is 8.39. The minimum Gasteiger partial charge on any atom is -0.437 e. The predicted octanol–water partition coefficient (Wildman–Crippen LogP) is 4.96. The number of alkyl halides is 3. The summed E-state index contributed by atoms with van der Waals surface area (Å²) in [4.78, 5) is 12.4. The van der Waals surface area contributed by atoms with E-state index >= 15 is 0 Å². The van der Waals surface area contributed by atoms with Crippen LogP contribution in [0.1, 0.15) is 0 Å². The SMILES string of the molecule is Nc1ccc2cccc(Oc3cc(-c4ccccc4OC(F)(F)F)ncn3)c2n1. The second-order valence-corrected chi connectivity index (χ2v) is 5.95. The zero-order valence-electron chi connectivity index (χ0n) is 14.7. The monoisotopic (exact) mass is 398 g/mol. The number of ether oxygens (including phenoxy) is 2. The van der Waals surface area contributed by atoms with E-state index in [1.807, 2.05) is 6.07 Å². The number of pyridine rings is 1. The number of nitrogens with two attached hydrogens (primary N) is 1. The van der Waals surface area contributed by atoms with Crippen LogP contribution in [0.3, 0.4) is 0 Å². The molecule has 0 radical (unpaired) electrons. The highest BCUT2D eigenvalue weighted by Crippen LogP contribution is 2.34. The Hall–Kier alpha value is -3.88. The Bertz CT molecular complexity index is 1180. The van der Waals surface area contributed by atoms with Gasteiger partial charge in [0.25, 0.3) is 0 Å². The van der Waals surface area contributed by atoms with Crippen LogP contribution in [0.25, 0.3) is 22.2 Å². The van der Waals surface area contributed by atoms with Gasteiger partial charge in [0.1, 0.15) is 23.4 Å². The van der Waals surface area contributed by atoms with E-state index in [1.165, 1.54) is 30.6 Å². The lowest BCUT2D eigenvalue weighted by Gasteiger charge is -2.13. The van der Waals surface area contributed by atoms with Gasteiger partial charge in [-0.15, -0.1) is 13.2 Å². The molecule has 9 heteroatoms. The Labute approximate surface area is 162 Å². The van der Waals surface area contributed by atoms with Crippen LogP contribution < -0.4 is 15.2 Å². The average Bonchev–Trinajstić information content (AvgIpc) is 2.68. The lowest BCUT2D eigenvalue weighted by atomic mass is 10.1. The molecule has 0 bridgehead atoms. The van der Waals surface area contributed by atoms with Crippen LogP contribution in [0, 0.1) is 0 Å². The fourth-order valence-electron chi connectivity index (χ4n) is 2.76. The van der Waals surface area contributed by atoms with E-state index in [2.05, 4.69) is 19.7 Å². The van der Waals surface area contributed by atoms with Crippen molar-refractivity contribution >= 4 is 16.7 Å². The number of hydrogen-bond donors (Lipinski definition) is 1. The highest BCUT2D eigenvalue weighted by molar-refractivity contribution is 5.86. The standard InChI is InChI=1S/C20H13F3N4O2/c21-20(22,23)29-15-6-2-1-5-13(15)14-10-18(26-11-25-14)28-16-7-3-4-12-8-9-17(24)27-19(12)16/h1-11H,(H2,24,27). The highest BCUT2D eigenvalue weighted by atomic mass is 19.4. The molecule has 0 aliphatic carbocycles. The van der Waals surface area contributed by atoms with E-state index in [-0.39, 0.29) is 22.9 Å². The summed E-state index contributed by atoms with van der Waals surface area (Å²) in [5.74, 6) is 0.493. The van der Waals surface area contributed by atoms with Gasteiger partial charge in [-0.25, -0.2) is 15.0 Å². The zero-order valence-corrected chi connectivity index (χ0v) is 14.7. The minimum atomic E-state index is -4.82. The molecular weight excluding hydrogens is 385 g/mol. The summed E-state index contributed by atoms with van der Waals surface area (Å²) in [5, 5.41) is 0.815. The fourth-order valence-corrected chi connectivity index (χ4v) is 2.76. The Morgan fingerprint density at radius 2 is 1.66 bits per heavy atom. The Balaban J connectivity index is 1.71. The van der Waals surface area contributed by atoms with Crippen LogP contribution >= 0.6 is 0 Å². The van der Waals surface area contributed by atoms with E-state index in [0.29, 0.717) is 17.1 Å². The van der Waals surface area contributed by atoms with Gasteiger partial charge in [0, 0.05) is 17.0 Å². The van der Waals surface area contributed by atoms with Crippen LogP contribution in [0.15, 0.2) is 67.0 Å². The van der Waals surface area contributed by atoms with Crippen molar-refractivity contribution in [2.24, 2.45) is 0 Å². The maximum atomic E-state index is 12.7. The number of aromatic nitrogens is 3. The average molecular weight is 398 g/mol. The van der Waals surface area contributed by atoms with Crippen molar-refractivity contribution in [2.75, 3.05) is 5.73 Å². The lowest BCUT2D eigenvalue weighted by molar-refractivity contribution is -0.274. The van der Waals surface area contributed by atoms with Crippen molar-refractivity contribution < 1.29 is 22.6 Å². The van der Waals surface area contributed by atoms with Crippen molar-refractivity contribution in [1.82, 2.24) is 15.0 Å². The Morgan fingerprint density at radius 3 is 2.48 bits per heavy atom. The Kier molecular flexibility index (Phi) is 4.63. The number of nitrogens with zero attached hydrogens (tertiary/aromatic N) is 3. The van der Waals surface area contributed by atoms with Crippen molar-refractivity contribution in [3.8, 4) is 28.6 Å². The van der Waals surface area contributed by atoms with Crippen LogP contribution in [0.4, 0.5) is 19.0 Å². The third kappa shape index (κ3) is 4.18. The van der Waals surface area contributed by atoms with Crippen molar-refractivity contribution in [2.45, 2.75) is 6.36 Å². The fraction of sp³-hybridized carbons (Fsp3) is 0.0500. The zero-order chi connectivity index (χ0) is 20.4. The molecule has 2 aromatic heterocycles. The second kappa shape index (κ2) is 7.27. The summed E-state index contributed by atoms with van der Waals surface area (Å²) in [6.45, 7) is 0. The molecule has 4 aromatic rings. The quantitative estimate of drug-likeness (QED) is 0.523. The number of benzene rings is 2. The Morgan fingerprint density at radius 1 is 0.862 bits per heavy atom. The van der Waals surface area contributed by atoms with Crippen molar-refractivity contribution in [1.29, 1.82) is 0 Å². The van der Waals surface area contributed by atoms with Gasteiger partial charge in [-0.1, -0.05) is 24.3 Å². The molecule has 4 rings (SSSR count). The molecule has 0 aliphatic rings. The third-order valence-corrected chi connectivity index (χ3v) is 3.95. The van der Waals surface area contributed by atoms with Crippen molar-refractivity contribution in [3.63, 3.8) is 0 Å². The smallest absolute Gasteiger partial charge is 0.437 e. The maximum Gasteiger partial charge on any atom is 0.573 e. The van der Waals surface area contributed by atoms with Gasteiger partial charge in [-0.05, 0) is 30.3 Å². The number of hydrogen-bond acceptors (Lipinski definition) is 6. The van der Waals surface area contributed by atoms with E-state index in [9.17, 15) is 13.2 Å². The number of halogens is 3. The normalized spacial score (nSPS) is 11.4. The van der Waals surface area contributed by atoms with Crippen LogP contribution in [0.5, 0.6) is 17.4 Å². The van der Waals surface area contributed by atoms with Gasteiger partial charge < -0.3 is 15.2 Å². The number of rotatable bonds is 4. The topological polar surface area (TPSA) is 83.2 Å². The summed E-state index contributed by atoms with van der Waals surface area (Å²) in [5.41, 5.74) is 6.65. The summed E-state index contributed by atoms with van der Waals surface area (Å²) >= 11 is 0. The van der Waals surface area contributed by atoms with Gasteiger partial charge >= 0.3 is 6.36 Å². The largest absolute Gasteiger partial charge is 0.573 e. The summed E-state index contributed by atoms with van der Waals surface area (Å²) in [6.07, 6.45) is -3.63. The molecule has 0 saturated carbocycles. The third-order valence-electron chi connectivity index (χ3n) is 3.95. The number of anilines is 1. The molecule has 0 amide bonds. The molecule has 29 heavy (non-hydrogen) atoms.